The van der Waals surface area contributed by atoms with Crippen molar-refractivity contribution in [2.75, 3.05) is 6.54 Å². The Morgan fingerprint density at radius 3 is 1.72 bits per heavy atom. The molecule has 0 saturated heterocycles. The van der Waals surface area contributed by atoms with E-state index in [4.69, 9.17) is 5.11 Å². The molecule has 2 aromatic carbocycles. The van der Waals surface area contributed by atoms with E-state index in [1.807, 2.05) is 0 Å². The maximum atomic E-state index is 11.2. The molecule has 0 aliphatic rings. The van der Waals surface area contributed by atoms with E-state index in [2.05, 4.69) is 0 Å². The molecule has 0 aliphatic heterocycles. The minimum atomic E-state index is -1.67. The van der Waals surface area contributed by atoms with Crippen LogP contribution < -0.4 is 104 Å². The van der Waals surface area contributed by atoms with Crippen molar-refractivity contribution in [2.45, 2.75) is 19.5 Å². The number of rotatable bonds is 10. The Kier molecular flexibility index (Phi) is 16.7. The summed E-state index contributed by atoms with van der Waals surface area (Å²) in [5.74, 6) is -5.66. The number of carboxylic acid groups (broad SMARTS) is 4. The Morgan fingerprint density at radius 1 is 0.750 bits per heavy atom. The van der Waals surface area contributed by atoms with Crippen molar-refractivity contribution in [3.63, 3.8) is 0 Å². The Hall–Kier alpha value is -0.720. The van der Waals surface area contributed by atoms with Crippen LogP contribution >= 0.6 is 0 Å². The first-order valence-corrected chi connectivity index (χ1v) is 8.47. The van der Waals surface area contributed by atoms with Crippen LogP contribution in [0.5, 0.6) is 0 Å². The maximum absolute atomic E-state index is 11.2. The summed E-state index contributed by atoms with van der Waals surface area (Å²) in [6.45, 7) is 0.434. The van der Waals surface area contributed by atoms with Crippen LogP contribution in [-0.2, 0) is 17.9 Å². The molecule has 0 unspecified atom stereocenters. The van der Waals surface area contributed by atoms with Gasteiger partial charge in [-0.05, 0) is 35.7 Å². The first-order valence-electron chi connectivity index (χ1n) is 8.47. The summed E-state index contributed by atoms with van der Waals surface area (Å²) in [5.41, 5.74) is 0.188. The summed E-state index contributed by atoms with van der Waals surface area (Å²) in [6, 6.07) is 9.63. The predicted octanol–water partition coefficient (Wildman–Crippen LogP) is -10.7. The van der Waals surface area contributed by atoms with Gasteiger partial charge in [-0.1, -0.05) is 24.3 Å². The van der Waals surface area contributed by atoms with E-state index in [0.717, 1.165) is 12.1 Å². The third-order valence-corrected chi connectivity index (χ3v) is 4.17. The second-order valence-corrected chi connectivity index (χ2v) is 6.29. The largest absolute Gasteiger partial charge is 1.00 e. The van der Waals surface area contributed by atoms with Gasteiger partial charge in [0.05, 0.1) is 17.5 Å². The normalized spacial score (nSPS) is 9.66. The van der Waals surface area contributed by atoms with Crippen LogP contribution in [0.25, 0.3) is 0 Å². The zero-order chi connectivity index (χ0) is 21.6. The zero-order valence-electron chi connectivity index (χ0n) is 18.1. The number of aliphatic carboxylic acids is 1. The molecule has 0 amide bonds. The van der Waals surface area contributed by atoms with Crippen LogP contribution in [0.2, 0.25) is 0 Å². The molecule has 0 spiro atoms. The van der Waals surface area contributed by atoms with Gasteiger partial charge in [0.1, 0.15) is 0 Å². The molecule has 0 atom stereocenters. The molecule has 152 valence electrons. The quantitative estimate of drug-likeness (QED) is 0.335. The van der Waals surface area contributed by atoms with E-state index >= 15 is 0 Å². The van der Waals surface area contributed by atoms with E-state index in [-0.39, 0.29) is 120 Å². The number of hydrogen-bond donors (Lipinski definition) is 1. The second kappa shape index (κ2) is 16.0. The number of hydrogen-bond acceptors (Lipinski definition) is 8. The second-order valence-electron chi connectivity index (χ2n) is 6.29. The Bertz CT molecular complexity index is 950. The molecule has 0 heterocycles. The van der Waals surface area contributed by atoms with Gasteiger partial charge in [-0.2, -0.15) is 0 Å². The third-order valence-electron chi connectivity index (χ3n) is 4.17. The Labute approximate surface area is 250 Å². The first-order chi connectivity index (χ1) is 13.7. The number of carboxylic acids is 4. The maximum Gasteiger partial charge on any atom is 1.00 e. The Morgan fingerprint density at radius 2 is 1.25 bits per heavy atom. The van der Waals surface area contributed by atoms with Crippen molar-refractivity contribution in [1.29, 1.82) is 0 Å². The fraction of sp³-hybridized carbons (Fsp3) is 0.200. The molecule has 32 heavy (non-hydrogen) atoms. The minimum Gasteiger partial charge on any atom is -0.550 e. The molecule has 0 aromatic heterocycles. The van der Waals surface area contributed by atoms with Crippen molar-refractivity contribution in [3.05, 3.63) is 70.3 Å². The molecule has 2 aromatic rings. The number of aromatic carboxylic acids is 3. The van der Waals surface area contributed by atoms with Crippen molar-refractivity contribution in [3.8, 4) is 0 Å². The summed E-state index contributed by atoms with van der Waals surface area (Å²) in [6.07, 6.45) is -0.280. The Balaban J connectivity index is 0. The van der Waals surface area contributed by atoms with E-state index in [0.29, 0.717) is 11.1 Å². The van der Waals surface area contributed by atoms with Gasteiger partial charge in [-0.15, -0.1) is 0 Å². The number of carbonyl (C=O) groups excluding carboxylic acids is 3. The molecule has 0 radical (unpaired) electrons. The summed E-state index contributed by atoms with van der Waals surface area (Å²) in [4.78, 5) is 45.7. The van der Waals surface area contributed by atoms with Gasteiger partial charge in [0.25, 0.3) is 0 Å². The van der Waals surface area contributed by atoms with Crippen LogP contribution in [-0.4, -0.2) is 40.4 Å². The molecule has 0 saturated carbocycles. The van der Waals surface area contributed by atoms with E-state index in [9.17, 15) is 34.5 Å². The predicted molar refractivity (Wildman–Crippen MR) is 92.2 cm³/mol. The van der Waals surface area contributed by atoms with Crippen LogP contribution in [0.15, 0.2) is 42.5 Å². The van der Waals surface area contributed by atoms with Gasteiger partial charge in [0.15, 0.2) is 0 Å². The summed E-state index contributed by atoms with van der Waals surface area (Å²) in [5, 5.41) is 42.0. The van der Waals surface area contributed by atoms with Gasteiger partial charge in [0.2, 0.25) is 0 Å². The topological polar surface area (TPSA) is 161 Å². The number of carbonyl (C=O) groups is 4. The van der Waals surface area contributed by atoms with E-state index in [1.165, 1.54) is 18.2 Å². The number of benzene rings is 2. The zero-order valence-corrected chi connectivity index (χ0v) is 24.1. The standard InChI is InChI=1S/C20H19NO8.3Na/c22-17(23)7-8-21(10-12-1-4-14(5-2-12)18(24)25)11-13-3-6-15(19(26)27)16(9-13)20(28)29;;;/h1-6,9H,7-8,10-11H2,(H,22,23)(H,24,25)(H,26,27)(H,28,29);;;/q;3*+1/p-3. The molecule has 12 heteroatoms. The molecule has 0 aliphatic carbocycles. The van der Waals surface area contributed by atoms with Crippen LogP contribution in [0.3, 0.4) is 0 Å². The molecule has 0 bridgehead atoms. The van der Waals surface area contributed by atoms with Crippen LogP contribution in [0.1, 0.15) is 48.6 Å². The fourth-order valence-corrected chi connectivity index (χ4v) is 2.77. The SMILES string of the molecule is O=C([O-])CCN(Cc1ccc(C(=O)O)cc1)Cc1ccc(C(=O)[O-])c(C(=O)[O-])c1.[Na+].[Na+].[Na+]. The number of nitrogens with zero attached hydrogens (tertiary/aromatic N) is 1. The van der Waals surface area contributed by atoms with Crippen molar-refractivity contribution in [1.82, 2.24) is 4.90 Å². The minimum absolute atomic E-state index is 0. The van der Waals surface area contributed by atoms with E-state index in [1.54, 1.807) is 17.0 Å². The van der Waals surface area contributed by atoms with Crippen molar-refractivity contribution in [2.24, 2.45) is 0 Å². The third kappa shape index (κ3) is 10.5. The molecule has 9 nitrogen and oxygen atoms in total. The van der Waals surface area contributed by atoms with Crippen molar-refractivity contribution < 1.29 is 128 Å². The molecule has 2 rings (SSSR count). The molecular weight excluding hydrogens is 451 g/mol. The first kappa shape index (κ1) is 33.5. The average molecular weight is 467 g/mol. The summed E-state index contributed by atoms with van der Waals surface area (Å²) in [7, 11) is 0. The molecule has 1 N–H and O–H groups in total. The summed E-state index contributed by atoms with van der Waals surface area (Å²) >= 11 is 0. The van der Waals surface area contributed by atoms with Gasteiger partial charge >= 0.3 is 94.6 Å². The van der Waals surface area contributed by atoms with Crippen LogP contribution in [0.4, 0.5) is 0 Å². The molecular formula is C20H16NNa3O8. The fourth-order valence-electron chi connectivity index (χ4n) is 2.77. The average Bonchev–Trinajstić information content (AvgIpc) is 2.66. The van der Waals surface area contributed by atoms with E-state index < -0.39 is 35.0 Å². The van der Waals surface area contributed by atoms with Gasteiger partial charge < -0.3 is 34.8 Å². The van der Waals surface area contributed by atoms with Crippen LogP contribution in [0, 0.1) is 0 Å². The molecule has 0 fully saturated rings. The monoisotopic (exact) mass is 467 g/mol. The van der Waals surface area contributed by atoms with Gasteiger partial charge in [-0.3, -0.25) is 4.90 Å². The van der Waals surface area contributed by atoms with Crippen molar-refractivity contribution >= 4 is 23.9 Å². The van der Waals surface area contributed by atoms with Gasteiger partial charge in [-0.25, -0.2) is 4.79 Å². The summed E-state index contributed by atoms with van der Waals surface area (Å²) < 4.78 is 0. The smallest absolute Gasteiger partial charge is 0.550 e. The van der Waals surface area contributed by atoms with Gasteiger partial charge in [0, 0.05) is 36.7 Å².